The largest absolute Gasteiger partial charge is 0.484 e. The van der Waals surface area contributed by atoms with E-state index in [9.17, 15) is 4.79 Å². The molecule has 0 aliphatic carbocycles. The number of amides is 2. The number of aromatic nitrogens is 2. The fourth-order valence-corrected chi connectivity index (χ4v) is 3.17. The van der Waals surface area contributed by atoms with Crippen LogP contribution >= 0.6 is 11.8 Å². The molecule has 0 saturated carbocycles. The van der Waals surface area contributed by atoms with Crippen LogP contribution in [0.3, 0.4) is 0 Å². The van der Waals surface area contributed by atoms with Crippen LogP contribution in [0.15, 0.2) is 57.9 Å². The third-order valence-corrected chi connectivity index (χ3v) is 5.27. The lowest BCUT2D eigenvalue weighted by atomic mass is 10.2. The summed E-state index contributed by atoms with van der Waals surface area (Å²) in [5.74, 6) is 1.71. The van der Waals surface area contributed by atoms with Crippen molar-refractivity contribution < 1.29 is 14.1 Å². The molecule has 0 aliphatic rings. The van der Waals surface area contributed by atoms with Crippen LogP contribution in [0.25, 0.3) is 0 Å². The molecule has 0 atom stereocenters. The van der Waals surface area contributed by atoms with Crippen molar-refractivity contribution in [2.45, 2.75) is 31.3 Å². The maximum Gasteiger partial charge on any atom is 0.321 e. The van der Waals surface area contributed by atoms with Gasteiger partial charge in [-0.05, 0) is 48.6 Å². The smallest absolute Gasteiger partial charge is 0.321 e. The van der Waals surface area contributed by atoms with Crippen molar-refractivity contribution in [3.05, 3.63) is 65.8 Å². The number of benzene rings is 2. The molecular weight excluding hydrogens is 400 g/mol. The number of aryl methyl sites for hydroxylation is 1. The molecule has 30 heavy (non-hydrogen) atoms. The summed E-state index contributed by atoms with van der Waals surface area (Å²) >= 11 is 1.63. The number of nitrogens with zero attached hydrogens (tertiary/aromatic N) is 3. The standard InChI is InChI=1S/C22H26N4O3S/c1-4-16-8-10-18(11-9-16)28-15-21-24-20(25-29-21)12-13-26(2)22(27)23-17-6-5-7-19(14-17)30-3/h5-11,14H,4,12-13,15H2,1-3H3,(H,23,27). The van der Waals surface area contributed by atoms with Crippen LogP contribution in [0.2, 0.25) is 0 Å². The summed E-state index contributed by atoms with van der Waals surface area (Å²) in [5.41, 5.74) is 2.03. The molecule has 0 unspecified atom stereocenters. The predicted octanol–water partition coefficient (Wildman–Crippen LogP) is 4.64. The number of carbonyl (C=O) groups is 1. The molecular formula is C22H26N4O3S. The van der Waals surface area contributed by atoms with E-state index in [0.717, 1.165) is 22.8 Å². The van der Waals surface area contributed by atoms with E-state index in [1.165, 1.54) is 5.56 Å². The number of thioether (sulfide) groups is 1. The lowest BCUT2D eigenvalue weighted by molar-refractivity contribution is 0.222. The van der Waals surface area contributed by atoms with Crippen LogP contribution in [0, 0.1) is 0 Å². The Balaban J connectivity index is 1.45. The topological polar surface area (TPSA) is 80.5 Å². The molecule has 2 amide bonds. The highest BCUT2D eigenvalue weighted by Gasteiger charge is 2.12. The van der Waals surface area contributed by atoms with Crippen LogP contribution in [0.5, 0.6) is 5.75 Å². The third kappa shape index (κ3) is 6.25. The number of hydrogen-bond donors (Lipinski definition) is 1. The minimum Gasteiger partial charge on any atom is -0.484 e. The zero-order chi connectivity index (χ0) is 21.3. The molecule has 158 valence electrons. The van der Waals surface area contributed by atoms with Crippen molar-refractivity contribution in [1.29, 1.82) is 0 Å². The molecule has 0 saturated heterocycles. The number of ether oxygens (including phenoxy) is 1. The van der Waals surface area contributed by atoms with Gasteiger partial charge in [-0.15, -0.1) is 11.8 Å². The molecule has 8 heteroatoms. The van der Waals surface area contributed by atoms with Gasteiger partial charge in [-0.25, -0.2) is 4.79 Å². The van der Waals surface area contributed by atoms with E-state index in [2.05, 4.69) is 22.4 Å². The monoisotopic (exact) mass is 426 g/mol. The number of urea groups is 1. The van der Waals surface area contributed by atoms with Gasteiger partial charge in [0.05, 0.1) is 0 Å². The van der Waals surface area contributed by atoms with Gasteiger partial charge in [0.1, 0.15) is 5.75 Å². The first kappa shape index (κ1) is 21.7. The van der Waals surface area contributed by atoms with Gasteiger partial charge in [0.2, 0.25) is 0 Å². The molecule has 1 aromatic heterocycles. The van der Waals surface area contributed by atoms with Gasteiger partial charge < -0.3 is 19.5 Å². The molecule has 0 fully saturated rings. The third-order valence-electron chi connectivity index (χ3n) is 4.54. The Morgan fingerprint density at radius 1 is 1.23 bits per heavy atom. The summed E-state index contributed by atoms with van der Waals surface area (Å²) in [6, 6.07) is 15.5. The van der Waals surface area contributed by atoms with Crippen molar-refractivity contribution in [3.8, 4) is 5.75 Å². The van der Waals surface area contributed by atoms with Gasteiger partial charge in [0.25, 0.3) is 5.89 Å². The molecule has 0 spiro atoms. The van der Waals surface area contributed by atoms with Gasteiger partial charge in [0, 0.05) is 30.6 Å². The number of carbonyl (C=O) groups excluding carboxylic acids is 1. The first-order chi connectivity index (χ1) is 14.6. The number of hydrogen-bond acceptors (Lipinski definition) is 6. The minimum absolute atomic E-state index is 0.184. The van der Waals surface area contributed by atoms with Crippen molar-refractivity contribution in [3.63, 3.8) is 0 Å². The van der Waals surface area contributed by atoms with E-state index in [4.69, 9.17) is 9.26 Å². The molecule has 3 rings (SSSR count). The molecule has 3 aromatic rings. The van der Waals surface area contributed by atoms with Gasteiger partial charge in [-0.1, -0.05) is 30.3 Å². The van der Waals surface area contributed by atoms with E-state index in [-0.39, 0.29) is 12.6 Å². The summed E-state index contributed by atoms with van der Waals surface area (Å²) in [6.07, 6.45) is 3.48. The second-order valence-corrected chi connectivity index (χ2v) is 7.60. The highest BCUT2D eigenvalue weighted by molar-refractivity contribution is 7.98. The molecule has 1 N–H and O–H groups in total. The molecule has 7 nitrogen and oxygen atoms in total. The number of rotatable bonds is 9. The average Bonchev–Trinajstić information content (AvgIpc) is 3.24. The molecule has 0 bridgehead atoms. The molecule has 0 radical (unpaired) electrons. The fraction of sp³-hybridized carbons (Fsp3) is 0.318. The van der Waals surface area contributed by atoms with Crippen LogP contribution < -0.4 is 10.1 Å². The van der Waals surface area contributed by atoms with E-state index < -0.39 is 0 Å². The Morgan fingerprint density at radius 2 is 2.03 bits per heavy atom. The van der Waals surface area contributed by atoms with E-state index >= 15 is 0 Å². The summed E-state index contributed by atoms with van der Waals surface area (Å²) in [6.45, 7) is 2.78. The van der Waals surface area contributed by atoms with Crippen molar-refractivity contribution in [2.75, 3.05) is 25.2 Å². The normalized spacial score (nSPS) is 10.6. The molecule has 0 aliphatic heterocycles. The fourth-order valence-electron chi connectivity index (χ4n) is 2.71. The van der Waals surface area contributed by atoms with Crippen molar-refractivity contribution >= 4 is 23.5 Å². The Kier molecular flexibility index (Phi) is 7.73. The minimum atomic E-state index is -0.184. The second kappa shape index (κ2) is 10.7. The lowest BCUT2D eigenvalue weighted by Gasteiger charge is -2.17. The Morgan fingerprint density at radius 3 is 2.77 bits per heavy atom. The number of anilines is 1. The van der Waals surface area contributed by atoms with Gasteiger partial charge in [-0.3, -0.25) is 0 Å². The average molecular weight is 427 g/mol. The Hall–Kier alpha value is -3.00. The predicted molar refractivity (Wildman–Crippen MR) is 118 cm³/mol. The highest BCUT2D eigenvalue weighted by Crippen LogP contribution is 2.19. The molecule has 1 heterocycles. The number of nitrogens with one attached hydrogen (secondary N) is 1. The highest BCUT2D eigenvalue weighted by atomic mass is 32.2. The Labute approximate surface area is 180 Å². The van der Waals surface area contributed by atoms with Crippen molar-refractivity contribution in [2.24, 2.45) is 0 Å². The van der Waals surface area contributed by atoms with Crippen LogP contribution in [0.4, 0.5) is 10.5 Å². The van der Waals surface area contributed by atoms with Gasteiger partial charge >= 0.3 is 6.03 Å². The van der Waals surface area contributed by atoms with Crippen LogP contribution in [-0.4, -0.2) is 40.9 Å². The summed E-state index contributed by atoms with van der Waals surface area (Å²) < 4.78 is 10.9. The Bertz CT molecular complexity index is 959. The van der Waals surface area contributed by atoms with Gasteiger partial charge in [0.15, 0.2) is 12.4 Å². The summed E-state index contributed by atoms with van der Waals surface area (Å²) in [5, 5.41) is 6.86. The zero-order valence-corrected chi connectivity index (χ0v) is 18.2. The maximum absolute atomic E-state index is 12.4. The lowest BCUT2D eigenvalue weighted by Crippen LogP contribution is -2.33. The first-order valence-corrected chi connectivity index (χ1v) is 11.0. The SMILES string of the molecule is CCc1ccc(OCc2nc(CCN(C)C(=O)Nc3cccc(SC)c3)no2)cc1. The maximum atomic E-state index is 12.4. The number of likely N-dealkylation sites (N-methyl/N-ethyl adjacent to an activating group) is 1. The summed E-state index contributed by atoms with van der Waals surface area (Å²) in [7, 11) is 1.73. The van der Waals surface area contributed by atoms with E-state index in [1.54, 1.807) is 23.7 Å². The zero-order valence-electron chi connectivity index (χ0n) is 17.4. The van der Waals surface area contributed by atoms with Crippen LogP contribution in [0.1, 0.15) is 24.2 Å². The molecule has 2 aromatic carbocycles. The first-order valence-electron chi connectivity index (χ1n) is 9.76. The van der Waals surface area contributed by atoms with E-state index in [0.29, 0.717) is 24.7 Å². The van der Waals surface area contributed by atoms with Crippen LogP contribution in [-0.2, 0) is 19.4 Å². The van der Waals surface area contributed by atoms with Crippen molar-refractivity contribution in [1.82, 2.24) is 15.0 Å². The van der Waals surface area contributed by atoms with E-state index in [1.807, 2.05) is 54.8 Å². The summed E-state index contributed by atoms with van der Waals surface area (Å²) in [4.78, 5) is 19.4. The van der Waals surface area contributed by atoms with Gasteiger partial charge in [-0.2, -0.15) is 4.98 Å². The quantitative estimate of drug-likeness (QED) is 0.502. The second-order valence-electron chi connectivity index (χ2n) is 6.72.